The zero-order valence-corrected chi connectivity index (χ0v) is 60.6. The van der Waals surface area contributed by atoms with Crippen LogP contribution in [0, 0.1) is 19.8 Å². The first-order chi connectivity index (χ1) is 50.1. The fourth-order valence-electron chi connectivity index (χ4n) is 11.6. The number of ketones is 3. The van der Waals surface area contributed by atoms with Crippen LogP contribution in [0.3, 0.4) is 0 Å². The fraction of sp³-hybridized carbons (Fsp3) is 0.343. The molecule has 578 valence electrons. The number of benzene rings is 6. The van der Waals surface area contributed by atoms with Crippen molar-refractivity contribution in [3.63, 3.8) is 0 Å². The minimum absolute atomic E-state index is 0.0210. The molecule has 0 saturated carbocycles. The van der Waals surface area contributed by atoms with Crippen molar-refractivity contribution in [2.45, 2.75) is 119 Å². The monoisotopic (exact) mass is 1670 g/mol. The summed E-state index contributed by atoms with van der Waals surface area (Å²) in [6, 6.07) is 23.6. The van der Waals surface area contributed by atoms with Crippen molar-refractivity contribution in [2.75, 3.05) is 24.6 Å². The molecule has 1 fully saturated rings. The molecule has 0 aliphatic carbocycles. The lowest BCUT2D eigenvalue weighted by molar-refractivity contribution is -0.276. The number of oxime groups is 3. The van der Waals surface area contributed by atoms with Gasteiger partial charge in [0.25, 0.3) is 16.8 Å². The van der Waals surface area contributed by atoms with Crippen molar-refractivity contribution < 1.29 is 118 Å². The predicted octanol–water partition coefficient (Wildman–Crippen LogP) is 21.1. The van der Waals surface area contributed by atoms with Gasteiger partial charge < -0.3 is 25.1 Å². The van der Waals surface area contributed by atoms with Crippen molar-refractivity contribution in [3.05, 3.63) is 206 Å². The first kappa shape index (κ1) is 84.2. The van der Waals surface area contributed by atoms with Gasteiger partial charge in [0.1, 0.15) is 18.8 Å². The molecule has 6 aromatic carbocycles. The number of thiophene rings is 1. The molecule has 3 atom stereocenters. The summed E-state index contributed by atoms with van der Waals surface area (Å²) in [5, 5.41) is 14.3. The molecule has 11 rings (SSSR count). The molecule has 38 heteroatoms. The van der Waals surface area contributed by atoms with E-state index in [2.05, 4.69) is 15.5 Å². The van der Waals surface area contributed by atoms with E-state index in [4.69, 9.17) is 72.5 Å². The van der Waals surface area contributed by atoms with Gasteiger partial charge in [-0.1, -0.05) is 122 Å². The third kappa shape index (κ3) is 19.7. The van der Waals surface area contributed by atoms with Crippen LogP contribution < -0.4 is 10.6 Å². The van der Waals surface area contributed by atoms with Gasteiger partial charge in [0.15, 0.2) is 17.3 Å². The normalized spacial score (nSPS) is 18.9. The number of nitrogens with zero attached hydrogens (tertiary/aromatic N) is 3. The van der Waals surface area contributed by atoms with E-state index in [-0.39, 0.29) is 92.2 Å². The molecule has 2 amide bonds. The van der Waals surface area contributed by atoms with Gasteiger partial charge >= 0.3 is 37.1 Å². The smallest absolute Gasteiger partial charge is 0.374 e. The third-order valence-corrected chi connectivity index (χ3v) is 20.9. The number of carbonyl (C=O) groups excluding carboxylic acids is 5. The van der Waals surface area contributed by atoms with E-state index in [1.165, 1.54) is 66.7 Å². The fourth-order valence-corrected chi connectivity index (χ4v) is 14.8. The van der Waals surface area contributed by atoms with Gasteiger partial charge in [-0.2, -0.15) is 90.8 Å². The van der Waals surface area contributed by atoms with Crippen LogP contribution in [0.15, 0.2) is 131 Å². The summed E-state index contributed by atoms with van der Waals surface area (Å²) in [4.78, 5) is 76.4. The molecule has 13 nitrogen and oxygen atoms in total. The highest BCUT2D eigenvalue weighted by Gasteiger charge is 2.65. The summed E-state index contributed by atoms with van der Waals surface area (Å²) < 4.78 is 242. The van der Waals surface area contributed by atoms with E-state index in [0.717, 1.165) is 35.0 Å². The van der Waals surface area contributed by atoms with Gasteiger partial charge in [-0.3, -0.25) is 24.0 Å². The number of rotatable bonds is 19. The van der Waals surface area contributed by atoms with E-state index in [1.54, 1.807) is 42.7 Å². The molecule has 7 aromatic rings. The van der Waals surface area contributed by atoms with Crippen LogP contribution >= 0.6 is 81.1 Å². The second-order valence-corrected chi connectivity index (χ2v) is 29.3. The van der Waals surface area contributed by atoms with Crippen molar-refractivity contribution in [1.29, 1.82) is 0 Å². The number of halogens is 23. The zero-order valence-electron chi connectivity index (χ0n) is 55.1. The van der Waals surface area contributed by atoms with E-state index in [9.17, 15) is 103 Å². The van der Waals surface area contributed by atoms with Crippen LogP contribution in [0.5, 0.6) is 0 Å². The lowest BCUT2D eigenvalue weighted by Gasteiger charge is -2.30. The summed E-state index contributed by atoms with van der Waals surface area (Å²) in [5.74, 6) is -0.671. The maximum absolute atomic E-state index is 14.4. The minimum atomic E-state index is -5.23. The van der Waals surface area contributed by atoms with Crippen molar-refractivity contribution in [2.24, 2.45) is 21.4 Å². The highest BCUT2D eigenvalue weighted by atomic mass is 35.5. The number of hydrogen-bond acceptors (Lipinski definition) is 13. The lowest BCUT2D eigenvalue weighted by atomic mass is 9.84. The number of Topliss-reactive ketones (excluding diaryl/α,β-unsaturated/α-hetero) is 3. The Bertz CT molecular complexity index is 4690. The van der Waals surface area contributed by atoms with Gasteiger partial charge in [-0.25, -0.2) is 0 Å². The second-order valence-electron chi connectivity index (χ2n) is 25.0. The standard InChI is InChI=1S/C27H18ClF9N2O3.C22H18Cl2F3NO2S.C21H16Cl2F6N2O3S/c28-16-10-14(9-15(11-16)26(32,33)34)24(27(35,36)37)12-21(39-42-24)19-5-6-20(18-4-2-1-3-17(18)19)22(40)7-8-23(41)38-13-25(29,30)31;1-12-4-14(2-3-18(12)20(29)5-13-10-31-11-13)19-9-21(30-28-19,22(25,26)27)15-6-16(23)8-17(24)7-15;1-10-4-16(35-18(10)15(32)2-3-17(33)30-9-20(24,25)26)14-8-19(34-31-14,21(27,28)29)11-5-12(22)7-13(23)6-11/h1-6,9-11H,7-8,12-13H2,(H,38,41);2-4,6-8,13H,5,9-11H2,1H3;4-7H,2-3,8-9H2,1H3,(H,30,33). The molecule has 0 bridgehead atoms. The maximum Gasteiger partial charge on any atom is 0.435 e. The Labute approximate surface area is 633 Å². The Kier molecular flexibility index (Phi) is 25.4. The van der Waals surface area contributed by atoms with E-state index in [0.29, 0.717) is 52.8 Å². The molecule has 108 heavy (non-hydrogen) atoms. The predicted molar refractivity (Wildman–Crippen MR) is 368 cm³/mol. The maximum atomic E-state index is 14.4. The summed E-state index contributed by atoms with van der Waals surface area (Å²) in [6.45, 7) is 0.242. The Morgan fingerprint density at radius 2 is 0.907 bits per heavy atom. The van der Waals surface area contributed by atoms with Crippen molar-refractivity contribution in [3.8, 4) is 0 Å². The molecule has 5 heterocycles. The number of aryl methyl sites for hydroxylation is 2. The number of fused-ring (bicyclic) bond motifs is 1. The summed E-state index contributed by atoms with van der Waals surface area (Å²) in [7, 11) is 0. The Balaban J connectivity index is 0.000000189. The molecule has 1 aromatic heterocycles. The van der Waals surface area contributed by atoms with E-state index >= 15 is 0 Å². The van der Waals surface area contributed by atoms with Crippen LogP contribution in [0.4, 0.5) is 79.0 Å². The van der Waals surface area contributed by atoms with Gasteiger partial charge in [0.05, 0.1) is 33.2 Å². The Morgan fingerprint density at radius 3 is 1.37 bits per heavy atom. The van der Waals surface area contributed by atoms with Crippen LogP contribution in [0.25, 0.3) is 10.8 Å². The summed E-state index contributed by atoms with van der Waals surface area (Å²) in [6.07, 6.45) is -32.7. The number of alkyl halides is 18. The third-order valence-electron chi connectivity index (χ3n) is 17.1. The molecule has 4 aliphatic heterocycles. The molecular weight excluding hydrogens is 1620 g/mol. The first-order valence-electron chi connectivity index (χ1n) is 31.5. The van der Waals surface area contributed by atoms with Crippen molar-refractivity contribution in [1.82, 2.24) is 10.6 Å². The topological polar surface area (TPSA) is 174 Å². The van der Waals surface area contributed by atoms with Crippen molar-refractivity contribution >= 4 is 138 Å². The molecule has 1 saturated heterocycles. The quantitative estimate of drug-likeness (QED) is 0.0590. The molecule has 2 N–H and O–H groups in total. The number of hydrogen-bond donors (Lipinski definition) is 2. The summed E-state index contributed by atoms with van der Waals surface area (Å²) >= 11 is 32.0. The zero-order chi connectivity index (χ0) is 79.7. The number of carbonyl (C=O) groups is 5. The van der Waals surface area contributed by atoms with E-state index < -0.39 is 145 Å². The number of nitrogens with one attached hydrogen (secondary N) is 2. The molecule has 0 radical (unpaired) electrons. The minimum Gasteiger partial charge on any atom is -0.374 e. The van der Waals surface area contributed by atoms with Crippen LogP contribution in [-0.4, -0.2) is 102 Å². The van der Waals surface area contributed by atoms with Crippen LogP contribution in [0.2, 0.25) is 25.1 Å². The van der Waals surface area contributed by atoms with E-state index in [1.807, 2.05) is 11.8 Å². The SMILES string of the molecule is Cc1cc(C2=NOC(c3cc(Cl)cc(Cl)c3)(C(F)(F)F)C2)ccc1C(=O)CC1CSC1.Cc1cc(C2=NOC(c3cc(Cl)cc(Cl)c3)(C(F)(F)F)C2)sc1C(=O)CCC(=O)NCC(F)(F)F.O=C(CCC(=O)c1ccc(C2=NOC(c3cc(Cl)cc(C(F)(F)F)c3)(C(F)(F)F)C2)c2ccccc12)NCC(F)(F)F. The largest absolute Gasteiger partial charge is 0.435 e. The molecule has 0 spiro atoms. The van der Waals surface area contributed by atoms with Gasteiger partial charge in [-0.15, -0.1) is 11.3 Å². The highest BCUT2D eigenvalue weighted by molar-refractivity contribution is 8.00. The number of thioether (sulfide) groups is 1. The second kappa shape index (κ2) is 32.6. The summed E-state index contributed by atoms with van der Waals surface area (Å²) in [5.41, 5.74) is -9.55. The average Bonchev–Trinajstić information content (AvgIpc) is 1.56. The average molecular weight is 1670 g/mol. The molecular formula is C70H52Cl5F18N5O8S2. The van der Waals surface area contributed by atoms with Crippen LogP contribution in [0.1, 0.15) is 131 Å². The lowest BCUT2D eigenvalue weighted by Crippen LogP contribution is -2.43. The molecule has 3 unspecified atom stereocenters. The van der Waals surface area contributed by atoms with Gasteiger partial charge in [-0.05, 0) is 125 Å². The van der Waals surface area contributed by atoms with Gasteiger partial charge in [0.2, 0.25) is 11.8 Å². The Morgan fingerprint density at radius 1 is 0.472 bits per heavy atom. The first-order valence-corrected chi connectivity index (χ1v) is 35.3. The number of amides is 2. The van der Waals surface area contributed by atoms with Gasteiger partial charge in [0, 0.05) is 103 Å². The Hall–Kier alpha value is -7.82. The molecule has 4 aliphatic rings. The highest BCUT2D eigenvalue weighted by Crippen LogP contribution is 2.54. The van der Waals surface area contributed by atoms with Crippen LogP contribution in [-0.2, 0) is 47.1 Å².